The number of carbonyl (C=O) groups excluding carboxylic acids is 1. The first-order valence-corrected chi connectivity index (χ1v) is 7.62. The second-order valence-electron chi connectivity index (χ2n) is 6.27. The Morgan fingerprint density at radius 1 is 1.41 bits per heavy atom. The number of amides is 1. The van der Waals surface area contributed by atoms with Crippen LogP contribution in [0.3, 0.4) is 0 Å². The molecule has 6 nitrogen and oxygen atoms in total. The van der Waals surface area contributed by atoms with Crippen LogP contribution in [0.1, 0.15) is 28.9 Å². The second kappa shape index (κ2) is 5.11. The van der Waals surface area contributed by atoms with Crippen LogP contribution in [-0.2, 0) is 0 Å². The van der Waals surface area contributed by atoms with E-state index in [1.807, 2.05) is 0 Å². The molecule has 4 rings (SSSR count). The first kappa shape index (κ1) is 13.3. The molecule has 0 saturated carbocycles. The van der Waals surface area contributed by atoms with Crippen LogP contribution in [0.25, 0.3) is 5.52 Å². The fourth-order valence-corrected chi connectivity index (χ4v) is 3.62. The number of aromatic nitrogens is 2. The maximum Gasteiger partial charge on any atom is 0.270 e. The number of hydrogen-bond donors (Lipinski definition) is 1. The van der Waals surface area contributed by atoms with Crippen LogP contribution in [0.4, 0.5) is 0 Å². The van der Waals surface area contributed by atoms with Crippen molar-refractivity contribution in [2.24, 2.45) is 5.92 Å². The van der Waals surface area contributed by atoms with Crippen LogP contribution in [0.5, 0.6) is 0 Å². The lowest BCUT2D eigenvalue weighted by Crippen LogP contribution is -2.47. The molecule has 112 valence electrons. The van der Waals surface area contributed by atoms with E-state index in [0.29, 0.717) is 11.3 Å². The van der Waals surface area contributed by atoms with Gasteiger partial charge in [-0.15, -0.1) is 0 Å². The molecule has 1 N–H and O–H groups in total. The lowest BCUT2D eigenvalue weighted by molar-refractivity contribution is 0.0904. The second-order valence-corrected chi connectivity index (χ2v) is 6.27. The average Bonchev–Trinajstić information content (AvgIpc) is 3.09. The van der Waals surface area contributed by atoms with Gasteiger partial charge in [0.05, 0.1) is 11.1 Å². The molecule has 1 amide bonds. The van der Waals surface area contributed by atoms with Gasteiger partial charge in [0.2, 0.25) is 0 Å². The third-order valence-corrected chi connectivity index (χ3v) is 4.65. The summed E-state index contributed by atoms with van der Waals surface area (Å²) in [5, 5.41) is 12.0. The minimum Gasteiger partial charge on any atom is -0.347 e. The summed E-state index contributed by atoms with van der Waals surface area (Å²) in [6.45, 7) is 3.27. The zero-order chi connectivity index (χ0) is 15.1. The van der Waals surface area contributed by atoms with Crippen molar-refractivity contribution in [3.63, 3.8) is 0 Å². The van der Waals surface area contributed by atoms with E-state index in [2.05, 4.69) is 21.3 Å². The number of rotatable bonds is 2. The van der Waals surface area contributed by atoms with E-state index in [4.69, 9.17) is 5.26 Å². The summed E-state index contributed by atoms with van der Waals surface area (Å²) < 4.78 is 1.75. The quantitative estimate of drug-likeness (QED) is 0.898. The molecular formula is C16H17N5O. The van der Waals surface area contributed by atoms with Crippen molar-refractivity contribution < 1.29 is 4.79 Å². The Morgan fingerprint density at radius 2 is 2.32 bits per heavy atom. The average molecular weight is 295 g/mol. The lowest BCUT2D eigenvalue weighted by atomic mass is 9.97. The van der Waals surface area contributed by atoms with Gasteiger partial charge in [-0.25, -0.2) is 4.98 Å². The van der Waals surface area contributed by atoms with Gasteiger partial charge in [-0.1, -0.05) is 0 Å². The Kier molecular flexibility index (Phi) is 3.09. The fraction of sp³-hybridized carbons (Fsp3) is 0.438. The number of nitriles is 1. The molecule has 2 aromatic rings. The van der Waals surface area contributed by atoms with Crippen molar-refractivity contribution in [2.45, 2.75) is 18.9 Å². The number of piperidine rings is 1. The molecule has 3 atom stereocenters. The highest BCUT2D eigenvalue weighted by atomic mass is 16.1. The number of hydrogen-bond acceptors (Lipinski definition) is 4. The minimum absolute atomic E-state index is 0.130. The van der Waals surface area contributed by atoms with Crippen molar-refractivity contribution in [2.75, 3.05) is 19.6 Å². The molecule has 2 saturated heterocycles. The largest absolute Gasteiger partial charge is 0.347 e. The highest BCUT2D eigenvalue weighted by Gasteiger charge is 2.33. The molecule has 2 aliphatic heterocycles. The Morgan fingerprint density at radius 3 is 3.14 bits per heavy atom. The summed E-state index contributed by atoms with van der Waals surface area (Å²) in [6.07, 6.45) is 5.60. The van der Waals surface area contributed by atoms with E-state index in [9.17, 15) is 4.79 Å². The van der Waals surface area contributed by atoms with E-state index >= 15 is 0 Å². The summed E-state index contributed by atoms with van der Waals surface area (Å²) in [5.41, 5.74) is 1.78. The van der Waals surface area contributed by atoms with Crippen molar-refractivity contribution in [1.29, 1.82) is 5.26 Å². The van der Waals surface area contributed by atoms with Gasteiger partial charge in [0.15, 0.2) is 0 Å². The van der Waals surface area contributed by atoms with Gasteiger partial charge < -0.3 is 14.6 Å². The summed E-state index contributed by atoms with van der Waals surface area (Å²) in [6, 6.07) is 5.79. The monoisotopic (exact) mass is 295 g/mol. The summed E-state index contributed by atoms with van der Waals surface area (Å²) in [4.78, 5) is 19.0. The molecule has 2 aromatic heterocycles. The molecule has 2 bridgehead atoms. The molecule has 4 heterocycles. The van der Waals surface area contributed by atoms with Crippen LogP contribution in [-0.4, -0.2) is 45.9 Å². The molecule has 6 heteroatoms. The van der Waals surface area contributed by atoms with Crippen LogP contribution in [0, 0.1) is 17.2 Å². The third kappa shape index (κ3) is 2.34. The summed E-state index contributed by atoms with van der Waals surface area (Å²) in [7, 11) is 0. The molecule has 0 aliphatic carbocycles. The van der Waals surface area contributed by atoms with Gasteiger partial charge in [-0.3, -0.25) is 4.79 Å². The van der Waals surface area contributed by atoms with Gasteiger partial charge in [-0.05, 0) is 37.4 Å². The molecule has 22 heavy (non-hydrogen) atoms. The molecule has 0 radical (unpaired) electrons. The van der Waals surface area contributed by atoms with Crippen LogP contribution in [0.2, 0.25) is 0 Å². The number of nitrogens with one attached hydrogen (secondary N) is 1. The highest BCUT2D eigenvalue weighted by molar-refractivity contribution is 5.93. The van der Waals surface area contributed by atoms with Crippen molar-refractivity contribution >= 4 is 11.4 Å². The van der Waals surface area contributed by atoms with Gasteiger partial charge >= 0.3 is 0 Å². The third-order valence-electron chi connectivity index (χ3n) is 4.65. The van der Waals surface area contributed by atoms with Crippen LogP contribution < -0.4 is 5.32 Å². The number of carbonyl (C=O) groups is 1. The van der Waals surface area contributed by atoms with Crippen molar-refractivity contribution in [1.82, 2.24) is 19.6 Å². The van der Waals surface area contributed by atoms with E-state index in [1.165, 1.54) is 13.0 Å². The topological polar surface area (TPSA) is 73.4 Å². The van der Waals surface area contributed by atoms with E-state index in [0.717, 1.165) is 30.9 Å². The van der Waals surface area contributed by atoms with Crippen LogP contribution >= 0.6 is 0 Å². The zero-order valence-electron chi connectivity index (χ0n) is 12.2. The zero-order valence-corrected chi connectivity index (χ0v) is 12.2. The van der Waals surface area contributed by atoms with E-state index in [-0.39, 0.29) is 11.9 Å². The van der Waals surface area contributed by atoms with Gasteiger partial charge in [0.1, 0.15) is 18.1 Å². The number of fused-ring (bicyclic) bond motifs is 3. The van der Waals surface area contributed by atoms with E-state index < -0.39 is 0 Å². The molecule has 0 spiro atoms. The molecule has 1 unspecified atom stereocenters. The standard InChI is InChI=1S/C16H17N5O/c17-6-12-4-14-5-15(18-10-21(14)8-12)16(22)19-13-3-11-1-2-20(7-11)9-13/h4-5,8,10-11,13H,1-3,7,9H2,(H,19,22)/t11-,13-/m1/s1. The van der Waals surface area contributed by atoms with Crippen molar-refractivity contribution in [3.05, 3.63) is 35.9 Å². The lowest BCUT2D eigenvalue weighted by Gasteiger charge is -2.30. The Labute approximate surface area is 128 Å². The minimum atomic E-state index is -0.130. The van der Waals surface area contributed by atoms with Gasteiger partial charge in [0.25, 0.3) is 5.91 Å². The van der Waals surface area contributed by atoms with Gasteiger partial charge in [0, 0.05) is 25.3 Å². The van der Waals surface area contributed by atoms with E-state index in [1.54, 1.807) is 29.1 Å². The maximum atomic E-state index is 12.4. The molecule has 2 fully saturated rings. The predicted octanol–water partition coefficient (Wildman–Crippen LogP) is 1.03. The first-order chi connectivity index (χ1) is 10.7. The fourth-order valence-electron chi connectivity index (χ4n) is 3.62. The smallest absolute Gasteiger partial charge is 0.270 e. The first-order valence-electron chi connectivity index (χ1n) is 7.62. The summed E-state index contributed by atoms with van der Waals surface area (Å²) >= 11 is 0. The molecular weight excluding hydrogens is 278 g/mol. The molecule has 2 aliphatic rings. The Hall–Kier alpha value is -2.39. The number of nitrogens with zero attached hydrogens (tertiary/aromatic N) is 4. The van der Waals surface area contributed by atoms with Crippen LogP contribution in [0.15, 0.2) is 24.7 Å². The highest BCUT2D eigenvalue weighted by Crippen LogP contribution is 2.26. The molecule has 0 aromatic carbocycles. The Bertz CT molecular complexity index is 762. The SMILES string of the molecule is N#Cc1cc2cc(C(=O)N[C@@H]3C[C@H]4CCN(C4)C3)ncn2c1. The van der Waals surface area contributed by atoms with Gasteiger partial charge in [-0.2, -0.15) is 5.26 Å². The maximum absolute atomic E-state index is 12.4. The normalized spacial score (nSPS) is 26.8. The Balaban J connectivity index is 1.51. The van der Waals surface area contributed by atoms with Crippen molar-refractivity contribution in [3.8, 4) is 6.07 Å². The predicted molar refractivity (Wildman–Crippen MR) is 80.3 cm³/mol. The summed E-state index contributed by atoms with van der Waals surface area (Å²) in [5.74, 6) is 0.591.